The van der Waals surface area contributed by atoms with Crippen molar-refractivity contribution in [2.24, 2.45) is 0 Å². The van der Waals surface area contributed by atoms with E-state index < -0.39 is 0 Å². The zero-order valence-corrected chi connectivity index (χ0v) is 14.3. The number of nitrogens with zero attached hydrogens (tertiary/aromatic N) is 3. The summed E-state index contributed by atoms with van der Waals surface area (Å²) in [5.41, 5.74) is 3.39. The molecule has 0 radical (unpaired) electrons. The summed E-state index contributed by atoms with van der Waals surface area (Å²) in [6.45, 7) is 9.37. The maximum atomic E-state index is 12.2. The Morgan fingerprint density at radius 2 is 1.96 bits per heavy atom. The summed E-state index contributed by atoms with van der Waals surface area (Å²) in [6.07, 6.45) is 0.896. The van der Waals surface area contributed by atoms with Gasteiger partial charge in [-0.2, -0.15) is 0 Å². The quantitative estimate of drug-likeness (QED) is 0.888. The van der Waals surface area contributed by atoms with Gasteiger partial charge in [-0.1, -0.05) is 19.1 Å². The molecule has 0 aliphatic rings. The average Bonchev–Trinajstić information content (AvgIpc) is 2.53. The molecule has 1 aromatic heterocycles. The molecule has 0 saturated carbocycles. The second-order valence-corrected chi connectivity index (χ2v) is 5.53. The Hall–Kier alpha value is -2.43. The van der Waals surface area contributed by atoms with Gasteiger partial charge in [0, 0.05) is 24.5 Å². The van der Waals surface area contributed by atoms with Crippen LogP contribution in [0.2, 0.25) is 0 Å². The van der Waals surface area contributed by atoms with Crippen LogP contribution in [-0.2, 0) is 0 Å². The number of amides is 1. The number of aromatic nitrogens is 2. The smallest absolute Gasteiger partial charge is 0.270 e. The third-order valence-corrected chi connectivity index (χ3v) is 3.48. The highest BCUT2D eigenvalue weighted by molar-refractivity contribution is 5.92. The number of hydrogen-bond donors (Lipinski definition) is 1. The molecule has 0 saturated heterocycles. The van der Waals surface area contributed by atoms with E-state index >= 15 is 0 Å². The SMILES string of the molecule is CCCNC(=O)c1cc(C)nc(N(CC)c2cccc(C)c2)n1. The monoisotopic (exact) mass is 312 g/mol. The highest BCUT2D eigenvalue weighted by Crippen LogP contribution is 2.23. The fourth-order valence-electron chi connectivity index (χ4n) is 2.35. The molecule has 1 amide bonds. The summed E-state index contributed by atoms with van der Waals surface area (Å²) in [5.74, 6) is 0.402. The van der Waals surface area contributed by atoms with E-state index in [-0.39, 0.29) is 5.91 Å². The van der Waals surface area contributed by atoms with Crippen molar-refractivity contribution in [2.75, 3.05) is 18.0 Å². The van der Waals surface area contributed by atoms with Gasteiger partial charge >= 0.3 is 0 Å². The molecular weight excluding hydrogens is 288 g/mol. The summed E-state index contributed by atoms with van der Waals surface area (Å²) in [6, 6.07) is 9.90. The Kier molecular flexibility index (Phi) is 5.68. The van der Waals surface area contributed by atoms with E-state index in [2.05, 4.69) is 34.3 Å². The van der Waals surface area contributed by atoms with Crippen LogP contribution in [0.15, 0.2) is 30.3 Å². The van der Waals surface area contributed by atoms with Crippen molar-refractivity contribution in [2.45, 2.75) is 34.1 Å². The maximum Gasteiger partial charge on any atom is 0.270 e. The fourth-order valence-corrected chi connectivity index (χ4v) is 2.35. The molecule has 0 atom stereocenters. The summed E-state index contributed by atoms with van der Waals surface area (Å²) in [4.78, 5) is 23.2. The summed E-state index contributed by atoms with van der Waals surface area (Å²) in [5, 5.41) is 2.86. The molecule has 1 aromatic carbocycles. The van der Waals surface area contributed by atoms with E-state index in [1.165, 1.54) is 5.56 Å². The molecule has 0 unspecified atom stereocenters. The first-order chi connectivity index (χ1) is 11.0. The minimum atomic E-state index is -0.154. The minimum Gasteiger partial charge on any atom is -0.351 e. The van der Waals surface area contributed by atoms with Gasteiger partial charge in [0.05, 0.1) is 0 Å². The molecule has 2 aromatic rings. The number of hydrogen-bond acceptors (Lipinski definition) is 4. The van der Waals surface area contributed by atoms with Crippen molar-refractivity contribution >= 4 is 17.5 Å². The van der Waals surface area contributed by atoms with Gasteiger partial charge in [-0.3, -0.25) is 4.79 Å². The molecule has 0 fully saturated rings. The Morgan fingerprint density at radius 1 is 1.17 bits per heavy atom. The van der Waals surface area contributed by atoms with Crippen LogP contribution in [0.3, 0.4) is 0 Å². The highest BCUT2D eigenvalue weighted by Gasteiger charge is 2.15. The van der Waals surface area contributed by atoms with E-state index in [4.69, 9.17) is 0 Å². The lowest BCUT2D eigenvalue weighted by Gasteiger charge is -2.22. The van der Waals surface area contributed by atoms with E-state index in [9.17, 15) is 4.79 Å². The van der Waals surface area contributed by atoms with E-state index in [0.29, 0.717) is 18.2 Å². The maximum absolute atomic E-state index is 12.2. The molecule has 1 N–H and O–H groups in total. The lowest BCUT2D eigenvalue weighted by molar-refractivity contribution is 0.0948. The molecular formula is C18H24N4O. The van der Waals surface area contributed by atoms with E-state index in [1.54, 1.807) is 6.07 Å². The molecule has 5 nitrogen and oxygen atoms in total. The van der Waals surface area contributed by atoms with Crippen LogP contribution in [0, 0.1) is 13.8 Å². The van der Waals surface area contributed by atoms with Gasteiger partial charge in [0.25, 0.3) is 5.91 Å². The van der Waals surface area contributed by atoms with Crippen molar-refractivity contribution in [3.8, 4) is 0 Å². The fraction of sp³-hybridized carbons (Fsp3) is 0.389. The first kappa shape index (κ1) is 16.9. The van der Waals surface area contributed by atoms with Crippen LogP contribution in [0.5, 0.6) is 0 Å². The Balaban J connectivity index is 2.37. The van der Waals surface area contributed by atoms with Gasteiger partial charge in [-0.15, -0.1) is 0 Å². The topological polar surface area (TPSA) is 58.1 Å². The van der Waals surface area contributed by atoms with Gasteiger partial charge < -0.3 is 10.2 Å². The second kappa shape index (κ2) is 7.72. The molecule has 0 aliphatic carbocycles. The third kappa shape index (κ3) is 4.28. The normalized spacial score (nSPS) is 10.4. The summed E-state index contributed by atoms with van der Waals surface area (Å²) in [7, 11) is 0. The molecule has 1 heterocycles. The number of benzene rings is 1. The van der Waals surface area contributed by atoms with Crippen LogP contribution < -0.4 is 10.2 Å². The Labute approximate surface area is 137 Å². The van der Waals surface area contributed by atoms with Crippen LogP contribution in [0.25, 0.3) is 0 Å². The van der Waals surface area contributed by atoms with Crippen molar-refractivity contribution in [1.82, 2.24) is 15.3 Å². The van der Waals surface area contributed by atoms with Gasteiger partial charge in [0.15, 0.2) is 0 Å². The van der Waals surface area contributed by atoms with Crippen molar-refractivity contribution < 1.29 is 4.79 Å². The molecule has 122 valence electrons. The third-order valence-electron chi connectivity index (χ3n) is 3.48. The largest absolute Gasteiger partial charge is 0.351 e. The van der Waals surface area contributed by atoms with E-state index in [1.807, 2.05) is 37.8 Å². The number of carbonyl (C=O) groups excluding carboxylic acids is 1. The lowest BCUT2D eigenvalue weighted by Crippen LogP contribution is -2.27. The molecule has 0 aliphatic heterocycles. The number of nitrogens with one attached hydrogen (secondary N) is 1. The predicted octanol–water partition coefficient (Wildman–Crippen LogP) is 3.39. The minimum absolute atomic E-state index is 0.154. The standard InChI is InChI=1S/C18H24N4O/c1-5-10-19-17(23)16-12-14(4)20-18(21-16)22(6-2)15-9-7-8-13(3)11-15/h7-9,11-12H,5-6,10H2,1-4H3,(H,19,23). The summed E-state index contributed by atoms with van der Waals surface area (Å²) >= 11 is 0. The van der Waals surface area contributed by atoms with Crippen LogP contribution in [-0.4, -0.2) is 29.0 Å². The van der Waals surface area contributed by atoms with Gasteiger partial charge in [0.2, 0.25) is 5.95 Å². The van der Waals surface area contributed by atoms with Gasteiger partial charge in [-0.25, -0.2) is 9.97 Å². The molecule has 5 heteroatoms. The molecule has 23 heavy (non-hydrogen) atoms. The second-order valence-electron chi connectivity index (χ2n) is 5.53. The number of aryl methyl sites for hydroxylation is 2. The zero-order valence-electron chi connectivity index (χ0n) is 14.3. The highest BCUT2D eigenvalue weighted by atomic mass is 16.1. The Bertz CT molecular complexity index is 684. The van der Waals surface area contributed by atoms with Crippen molar-refractivity contribution in [1.29, 1.82) is 0 Å². The Morgan fingerprint density at radius 3 is 2.61 bits per heavy atom. The molecule has 0 spiro atoms. The number of carbonyl (C=O) groups is 1. The zero-order chi connectivity index (χ0) is 16.8. The number of anilines is 2. The van der Waals surface area contributed by atoms with Crippen LogP contribution in [0.4, 0.5) is 11.6 Å². The van der Waals surface area contributed by atoms with Crippen molar-refractivity contribution in [3.05, 3.63) is 47.3 Å². The molecule has 0 bridgehead atoms. The predicted molar refractivity (Wildman–Crippen MR) is 93.3 cm³/mol. The van der Waals surface area contributed by atoms with E-state index in [0.717, 1.165) is 24.3 Å². The van der Waals surface area contributed by atoms with Crippen LogP contribution in [0.1, 0.15) is 42.0 Å². The first-order valence-corrected chi connectivity index (χ1v) is 8.03. The lowest BCUT2D eigenvalue weighted by atomic mass is 10.2. The first-order valence-electron chi connectivity index (χ1n) is 8.03. The van der Waals surface area contributed by atoms with Gasteiger partial charge in [0.1, 0.15) is 5.69 Å². The van der Waals surface area contributed by atoms with Crippen LogP contribution >= 0.6 is 0 Å². The molecule has 2 rings (SSSR count). The summed E-state index contributed by atoms with van der Waals surface area (Å²) < 4.78 is 0. The van der Waals surface area contributed by atoms with Crippen molar-refractivity contribution in [3.63, 3.8) is 0 Å². The average molecular weight is 312 g/mol. The van der Waals surface area contributed by atoms with Gasteiger partial charge in [-0.05, 0) is 51.0 Å². The number of rotatable bonds is 6.